The van der Waals surface area contributed by atoms with E-state index in [0.29, 0.717) is 0 Å². The van der Waals surface area contributed by atoms with E-state index in [-0.39, 0.29) is 17.0 Å². The fraction of sp³-hybridized carbons (Fsp3) is 0.800. The van der Waals surface area contributed by atoms with Gasteiger partial charge >= 0.3 is 51.8 Å². The molecule has 0 saturated heterocycles. The third-order valence-electron chi connectivity index (χ3n) is 0.892. The second kappa shape index (κ2) is 10.6. The average Bonchev–Trinajstić information content (AvgIpc) is 1.69. The van der Waals surface area contributed by atoms with E-state index in [1.54, 1.807) is 0 Å². The van der Waals surface area contributed by atoms with Gasteiger partial charge in [0.15, 0.2) is 0 Å². The summed E-state index contributed by atoms with van der Waals surface area (Å²) in [6.45, 7) is 2.17. The molecule has 0 bridgehead atoms. The molecule has 0 aromatic heterocycles. The van der Waals surface area contributed by atoms with Crippen LogP contribution in [0.15, 0.2) is 0 Å². The van der Waals surface area contributed by atoms with Crippen LogP contribution in [0.5, 0.6) is 0 Å². The van der Waals surface area contributed by atoms with Gasteiger partial charge in [-0.25, -0.2) is 0 Å². The number of hydrogen-bond acceptors (Lipinski definition) is 1. The van der Waals surface area contributed by atoms with Crippen molar-refractivity contribution in [3.05, 3.63) is 0 Å². The molecular weight excluding hydrogens is 219 g/mol. The first-order valence-corrected chi connectivity index (χ1v) is 6.37. The summed E-state index contributed by atoms with van der Waals surface area (Å²) in [5.41, 5.74) is 0. The molecule has 3 heteroatoms. The fourth-order valence-corrected chi connectivity index (χ4v) is 2.36. The predicted octanol–water partition coefficient (Wildman–Crippen LogP) is 2.35. The first-order chi connectivity index (χ1) is 3.41. The molecule has 8 heavy (non-hydrogen) atoms. The number of halogens is 1. The van der Waals surface area contributed by atoms with Crippen LogP contribution >= 0.6 is 17.0 Å². The van der Waals surface area contributed by atoms with Crippen LogP contribution in [0.25, 0.3) is 0 Å². The molecule has 0 aliphatic heterocycles. The Kier molecular flexibility index (Phi) is 15.0. The summed E-state index contributed by atoms with van der Waals surface area (Å²) in [7, 11) is 0. The van der Waals surface area contributed by atoms with Crippen molar-refractivity contribution in [3.63, 3.8) is 0 Å². The summed E-state index contributed by atoms with van der Waals surface area (Å²) < 4.78 is 2.29. The van der Waals surface area contributed by atoms with Gasteiger partial charge in [0.25, 0.3) is 0 Å². The summed E-state index contributed by atoms with van der Waals surface area (Å²) in [5.74, 6) is 0. The molecule has 44 valence electrons. The molecule has 0 heterocycles. The molecule has 0 spiro atoms. The van der Waals surface area contributed by atoms with Gasteiger partial charge in [0.1, 0.15) is 0 Å². The number of nitrogens with zero attached hydrogens (tertiary/aromatic N) is 1. The Labute approximate surface area is 68.8 Å². The molecule has 0 amide bonds. The van der Waals surface area contributed by atoms with Crippen LogP contribution in [0.3, 0.4) is 0 Å². The predicted molar refractivity (Wildman–Crippen MR) is 35.7 cm³/mol. The van der Waals surface area contributed by atoms with Crippen molar-refractivity contribution >= 4 is 17.0 Å². The zero-order valence-corrected chi connectivity index (χ0v) is 9.86. The summed E-state index contributed by atoms with van der Waals surface area (Å²) in [6.07, 6.45) is 2.54. The van der Waals surface area contributed by atoms with Gasteiger partial charge in [-0.1, -0.05) is 0 Å². The van der Waals surface area contributed by atoms with E-state index in [1.807, 2.05) is 0 Å². The maximum atomic E-state index is 8.13. The van der Waals surface area contributed by atoms with Gasteiger partial charge in [-0.2, -0.15) is 0 Å². The molecular formula is C5H10BrNZn. The topological polar surface area (TPSA) is 23.8 Å². The van der Waals surface area contributed by atoms with Crippen molar-refractivity contribution in [3.8, 4) is 4.66 Å². The second-order valence-corrected chi connectivity index (χ2v) is 4.81. The van der Waals surface area contributed by atoms with Crippen molar-refractivity contribution < 1.29 is 17.1 Å². The van der Waals surface area contributed by atoms with Gasteiger partial charge in [0.05, 0.1) is 0 Å². The van der Waals surface area contributed by atoms with Gasteiger partial charge in [0.2, 0.25) is 0 Å². The molecule has 0 saturated carbocycles. The fourth-order valence-electron chi connectivity index (χ4n) is 0.454. The van der Waals surface area contributed by atoms with Gasteiger partial charge in [-0.3, -0.25) is 0 Å². The van der Waals surface area contributed by atoms with Crippen molar-refractivity contribution in [2.45, 2.75) is 24.8 Å². The van der Waals surface area contributed by atoms with E-state index >= 15 is 0 Å². The molecule has 0 aliphatic carbocycles. The van der Waals surface area contributed by atoms with Crippen molar-refractivity contribution in [2.75, 3.05) is 0 Å². The van der Waals surface area contributed by atoms with E-state index in [9.17, 15) is 0 Å². The summed E-state index contributed by atoms with van der Waals surface area (Å²) in [4.78, 5) is 0. The van der Waals surface area contributed by atoms with E-state index in [4.69, 9.17) is 5.26 Å². The van der Waals surface area contributed by atoms with Crippen LogP contribution in [0.4, 0.5) is 0 Å². The number of unbranched alkanes of at least 4 members (excludes halogenated alkanes) is 1. The van der Waals surface area contributed by atoms with Gasteiger partial charge in [-0.15, -0.1) is 17.0 Å². The molecule has 0 aromatic carbocycles. The molecule has 0 atom stereocenters. The van der Waals surface area contributed by atoms with Crippen LogP contribution in [0, 0.1) is 9.93 Å². The van der Waals surface area contributed by atoms with Crippen LogP contribution in [-0.2, 0) is 17.1 Å². The minimum absolute atomic E-state index is 0. The normalized spacial score (nSPS) is 6.00. The quantitative estimate of drug-likeness (QED) is 0.538. The van der Waals surface area contributed by atoms with E-state index in [1.165, 1.54) is 17.9 Å². The van der Waals surface area contributed by atoms with Gasteiger partial charge in [-0.05, 0) is 0 Å². The Morgan fingerprint density at radius 2 is 2.25 bits per heavy atom. The Hall–Kier alpha value is 0.593. The summed E-state index contributed by atoms with van der Waals surface area (Å²) in [6, 6.07) is 0. The molecule has 0 aliphatic rings. The van der Waals surface area contributed by atoms with Gasteiger partial charge in [0, 0.05) is 0 Å². The van der Waals surface area contributed by atoms with Crippen molar-refractivity contribution in [2.24, 2.45) is 0 Å². The molecule has 1 nitrogen and oxygen atoms in total. The van der Waals surface area contributed by atoms with E-state index < -0.39 is 17.1 Å². The molecule has 0 N–H and O–H groups in total. The SMILES string of the molecule is Br.CCC[CH2][Zn][C]#N. The number of hydrogen-bond donors (Lipinski definition) is 0. The first-order valence-electron chi connectivity index (χ1n) is 2.78. The standard InChI is InChI=1S/C4H9.CN.BrH.Zn/c1-3-4-2;1-2;;/h1,3-4H2,2H3;;1H;. The molecule has 0 radical (unpaired) electrons. The first kappa shape index (κ1) is 11.4. The number of nitriles is 1. The zero-order chi connectivity index (χ0) is 5.54. The summed E-state index contributed by atoms with van der Waals surface area (Å²) in [5, 5.41) is 9.39. The van der Waals surface area contributed by atoms with Crippen LogP contribution in [0.1, 0.15) is 19.8 Å². The van der Waals surface area contributed by atoms with Crippen molar-refractivity contribution in [1.29, 1.82) is 5.26 Å². The van der Waals surface area contributed by atoms with E-state index in [0.717, 1.165) is 0 Å². The zero-order valence-electron chi connectivity index (χ0n) is 5.18. The Balaban J connectivity index is 0. The second-order valence-electron chi connectivity index (χ2n) is 1.62. The van der Waals surface area contributed by atoms with Gasteiger partial charge < -0.3 is 0 Å². The minimum atomic E-state index is -0.639. The van der Waals surface area contributed by atoms with E-state index in [2.05, 4.69) is 11.6 Å². The Bertz CT molecular complexity index is 69.3. The number of rotatable bonds is 3. The Morgan fingerprint density at radius 3 is 2.62 bits per heavy atom. The monoisotopic (exact) mass is 227 g/mol. The summed E-state index contributed by atoms with van der Waals surface area (Å²) >= 11 is -0.639. The van der Waals surface area contributed by atoms with Crippen LogP contribution in [0.2, 0.25) is 5.02 Å². The van der Waals surface area contributed by atoms with Crippen LogP contribution < -0.4 is 0 Å². The molecule has 0 rings (SSSR count). The molecule has 0 fully saturated rings. The Morgan fingerprint density at radius 1 is 1.62 bits per heavy atom. The van der Waals surface area contributed by atoms with Crippen molar-refractivity contribution in [1.82, 2.24) is 0 Å². The third-order valence-corrected chi connectivity index (χ3v) is 3.15. The van der Waals surface area contributed by atoms with Crippen LogP contribution in [-0.4, -0.2) is 0 Å². The maximum absolute atomic E-state index is 8.13. The molecule has 0 unspecified atom stereocenters. The molecule has 0 aromatic rings. The average molecular weight is 229 g/mol. The third kappa shape index (κ3) is 9.78.